The number of aliphatic hydroxyl groups excluding tert-OH is 2. The molecule has 0 aliphatic rings. The normalized spacial score (nSPS) is 13.4. The molecule has 0 aliphatic heterocycles. The zero-order valence-electron chi connectivity index (χ0n) is 43.5. The number of nitrogens with one attached hydrogen (secondary N) is 1. The van der Waals surface area contributed by atoms with E-state index in [2.05, 4.69) is 79.9 Å². The molecule has 0 saturated carbocycles. The van der Waals surface area contributed by atoms with Crippen molar-refractivity contribution < 1.29 is 15.0 Å². The van der Waals surface area contributed by atoms with Crippen molar-refractivity contribution in [3.63, 3.8) is 0 Å². The summed E-state index contributed by atoms with van der Waals surface area (Å²) in [5, 5.41) is 23.0. The van der Waals surface area contributed by atoms with Gasteiger partial charge in [-0.1, -0.05) is 279 Å². The molecular weight excluding hydrogens is 795 g/mol. The van der Waals surface area contributed by atoms with Crippen molar-refractivity contribution in [2.24, 2.45) is 0 Å². The molecule has 2 atom stereocenters. The maximum Gasteiger partial charge on any atom is 0.220 e. The summed E-state index contributed by atoms with van der Waals surface area (Å²) in [5.74, 6) is -0.0768. The highest BCUT2D eigenvalue weighted by Crippen LogP contribution is 2.17. The van der Waals surface area contributed by atoms with Gasteiger partial charge in [0.1, 0.15) is 0 Å². The Morgan fingerprint density at radius 3 is 1.05 bits per heavy atom. The maximum atomic E-state index is 12.4. The molecule has 0 rings (SSSR count). The molecule has 0 spiro atoms. The molecule has 3 N–H and O–H groups in total. The molecule has 65 heavy (non-hydrogen) atoms. The molecule has 2 unspecified atom stereocenters. The number of amides is 1. The topological polar surface area (TPSA) is 69.6 Å². The number of rotatable bonds is 52. The first-order valence-electron chi connectivity index (χ1n) is 28.7. The Bertz CT molecular complexity index is 1120. The minimum atomic E-state index is -0.869. The van der Waals surface area contributed by atoms with Gasteiger partial charge in [0.25, 0.3) is 0 Å². The van der Waals surface area contributed by atoms with Crippen LogP contribution in [0.25, 0.3) is 0 Å². The van der Waals surface area contributed by atoms with Gasteiger partial charge in [-0.05, 0) is 77.0 Å². The van der Waals surface area contributed by atoms with Gasteiger partial charge in [-0.15, -0.1) is 0 Å². The van der Waals surface area contributed by atoms with Crippen molar-refractivity contribution in [1.29, 1.82) is 0 Å². The summed E-state index contributed by atoms with van der Waals surface area (Å²) < 4.78 is 0. The highest BCUT2D eigenvalue weighted by atomic mass is 16.3. The van der Waals surface area contributed by atoms with E-state index in [1.54, 1.807) is 6.08 Å². The van der Waals surface area contributed by atoms with Gasteiger partial charge in [-0.2, -0.15) is 0 Å². The van der Waals surface area contributed by atoms with Crippen LogP contribution in [0.1, 0.15) is 290 Å². The van der Waals surface area contributed by atoms with E-state index in [1.807, 2.05) is 6.08 Å². The molecule has 4 heteroatoms. The van der Waals surface area contributed by atoms with E-state index in [4.69, 9.17) is 0 Å². The minimum absolute atomic E-state index is 0.0768. The molecule has 378 valence electrons. The number of allylic oxidation sites excluding steroid dienone is 11. The average Bonchev–Trinajstić information content (AvgIpc) is 3.31. The summed E-state index contributed by atoms with van der Waals surface area (Å²) in [5.41, 5.74) is 0. The second-order valence-corrected chi connectivity index (χ2v) is 19.3. The SMILES string of the molecule is CCCC/C=C/CC/C=C/CC/C=C/C(O)C(CO)NC(=O)CCCCCCCCCCCCCCCCCCCCCCCCCCCC/C=C\C/C=C\C/C=C\CCCCCCC. The lowest BCUT2D eigenvalue weighted by Gasteiger charge is -2.19. The van der Waals surface area contributed by atoms with Crippen LogP contribution in [0.15, 0.2) is 72.9 Å². The predicted molar refractivity (Wildman–Crippen MR) is 290 cm³/mol. The fourth-order valence-corrected chi connectivity index (χ4v) is 8.50. The van der Waals surface area contributed by atoms with E-state index in [9.17, 15) is 15.0 Å². The van der Waals surface area contributed by atoms with Crippen LogP contribution in [0, 0.1) is 0 Å². The third-order valence-corrected chi connectivity index (χ3v) is 12.9. The highest BCUT2D eigenvalue weighted by Gasteiger charge is 2.18. The van der Waals surface area contributed by atoms with E-state index >= 15 is 0 Å². The van der Waals surface area contributed by atoms with Crippen molar-refractivity contribution >= 4 is 5.91 Å². The number of unbranched alkanes of at least 4 members (excludes halogenated alkanes) is 35. The Kier molecular flexibility index (Phi) is 54.3. The molecule has 0 radical (unpaired) electrons. The van der Waals surface area contributed by atoms with Gasteiger partial charge >= 0.3 is 0 Å². The van der Waals surface area contributed by atoms with E-state index in [1.165, 1.54) is 218 Å². The van der Waals surface area contributed by atoms with Crippen molar-refractivity contribution in [3.05, 3.63) is 72.9 Å². The summed E-state index contributed by atoms with van der Waals surface area (Å²) >= 11 is 0. The maximum absolute atomic E-state index is 12.4. The molecule has 0 aromatic carbocycles. The zero-order chi connectivity index (χ0) is 47.0. The Morgan fingerprint density at radius 1 is 0.369 bits per heavy atom. The van der Waals surface area contributed by atoms with Gasteiger partial charge in [-0.25, -0.2) is 0 Å². The monoisotopic (exact) mass is 906 g/mol. The molecular formula is C61H111NO3. The van der Waals surface area contributed by atoms with Crippen molar-refractivity contribution in [2.45, 2.75) is 302 Å². The Labute approximate surface area is 406 Å². The van der Waals surface area contributed by atoms with Crippen LogP contribution < -0.4 is 5.32 Å². The summed E-state index contributed by atoms with van der Waals surface area (Å²) in [6.45, 7) is 4.24. The van der Waals surface area contributed by atoms with E-state index in [0.717, 1.165) is 51.4 Å². The number of hydrogen-bond acceptors (Lipinski definition) is 3. The number of aliphatic hydroxyl groups is 2. The second-order valence-electron chi connectivity index (χ2n) is 19.3. The molecule has 0 saturated heterocycles. The average molecular weight is 907 g/mol. The van der Waals surface area contributed by atoms with Crippen LogP contribution in [0.5, 0.6) is 0 Å². The van der Waals surface area contributed by atoms with Gasteiger partial charge < -0.3 is 15.5 Å². The van der Waals surface area contributed by atoms with Crippen molar-refractivity contribution in [3.8, 4) is 0 Å². The lowest BCUT2D eigenvalue weighted by atomic mass is 10.0. The Balaban J connectivity index is 3.40. The van der Waals surface area contributed by atoms with Crippen LogP contribution >= 0.6 is 0 Å². The number of carbonyl (C=O) groups is 1. The van der Waals surface area contributed by atoms with Crippen LogP contribution in [0.4, 0.5) is 0 Å². The molecule has 0 aromatic heterocycles. The number of hydrogen-bond donors (Lipinski definition) is 3. The summed E-state index contributed by atoms with van der Waals surface area (Å²) in [7, 11) is 0. The Morgan fingerprint density at radius 2 is 0.662 bits per heavy atom. The van der Waals surface area contributed by atoms with Crippen LogP contribution in [-0.4, -0.2) is 34.9 Å². The summed E-state index contributed by atoms with van der Waals surface area (Å²) in [6.07, 6.45) is 80.9. The van der Waals surface area contributed by atoms with E-state index < -0.39 is 12.1 Å². The molecule has 0 fully saturated rings. The third kappa shape index (κ3) is 52.7. The van der Waals surface area contributed by atoms with Gasteiger partial charge in [0, 0.05) is 6.42 Å². The van der Waals surface area contributed by atoms with Gasteiger partial charge in [0.15, 0.2) is 0 Å². The van der Waals surface area contributed by atoms with Gasteiger partial charge in [-0.3, -0.25) is 4.79 Å². The standard InChI is InChI=1S/C61H111NO3/c1-3-5-7-9-11-13-15-17-18-19-20-21-22-23-24-25-26-27-28-29-30-31-32-33-34-35-36-37-38-39-40-41-42-43-44-45-47-49-51-53-55-57-61(65)62-59(58-63)60(64)56-54-52-50-48-46-16-14-12-10-8-6-4-2/h10,12,15,17,19-20,22-23,46,48,54,56,59-60,63-64H,3-9,11,13-14,16,18,21,24-45,47,49-53,55,57-58H2,1-2H3,(H,62,65)/b12-10+,17-15-,20-19-,23-22-,48-46+,56-54+. The van der Waals surface area contributed by atoms with Crippen molar-refractivity contribution in [1.82, 2.24) is 5.32 Å². The summed E-state index contributed by atoms with van der Waals surface area (Å²) in [6, 6.07) is -0.645. The lowest BCUT2D eigenvalue weighted by molar-refractivity contribution is -0.123. The minimum Gasteiger partial charge on any atom is -0.394 e. The first kappa shape index (κ1) is 62.8. The zero-order valence-corrected chi connectivity index (χ0v) is 43.5. The first-order chi connectivity index (χ1) is 32.2. The molecule has 0 aliphatic carbocycles. The fourth-order valence-electron chi connectivity index (χ4n) is 8.50. The second kappa shape index (κ2) is 56.2. The quantitative estimate of drug-likeness (QED) is 0.0421. The largest absolute Gasteiger partial charge is 0.394 e. The highest BCUT2D eigenvalue weighted by molar-refractivity contribution is 5.76. The van der Waals surface area contributed by atoms with E-state index in [-0.39, 0.29) is 12.5 Å². The van der Waals surface area contributed by atoms with E-state index in [0.29, 0.717) is 6.42 Å². The van der Waals surface area contributed by atoms with Crippen LogP contribution in [0.3, 0.4) is 0 Å². The van der Waals surface area contributed by atoms with Crippen molar-refractivity contribution in [2.75, 3.05) is 6.61 Å². The molecule has 0 bridgehead atoms. The van der Waals surface area contributed by atoms with Gasteiger partial charge in [0.2, 0.25) is 5.91 Å². The molecule has 1 amide bonds. The number of carbonyl (C=O) groups excluding carboxylic acids is 1. The molecule has 0 heterocycles. The van der Waals surface area contributed by atoms with Crippen LogP contribution in [0.2, 0.25) is 0 Å². The fraction of sp³-hybridized carbons (Fsp3) is 0.787. The molecule has 0 aromatic rings. The van der Waals surface area contributed by atoms with Crippen LogP contribution in [-0.2, 0) is 4.79 Å². The predicted octanol–water partition coefficient (Wildman–Crippen LogP) is 19.0. The van der Waals surface area contributed by atoms with Gasteiger partial charge in [0.05, 0.1) is 18.8 Å². The summed E-state index contributed by atoms with van der Waals surface area (Å²) in [4.78, 5) is 12.4. The smallest absolute Gasteiger partial charge is 0.220 e. The first-order valence-corrected chi connectivity index (χ1v) is 28.7. The molecule has 4 nitrogen and oxygen atoms in total. The Hall–Kier alpha value is -2.17. The third-order valence-electron chi connectivity index (χ3n) is 12.9. The lowest BCUT2D eigenvalue weighted by Crippen LogP contribution is -2.45.